The van der Waals surface area contributed by atoms with E-state index >= 15 is 0 Å². The molecule has 8 nitrogen and oxygen atoms in total. The number of benzene rings is 2. The number of aromatic amines is 1. The van der Waals surface area contributed by atoms with Gasteiger partial charge in [0.15, 0.2) is 0 Å². The summed E-state index contributed by atoms with van der Waals surface area (Å²) in [5, 5.41) is 8.32. The third kappa shape index (κ3) is 5.70. The highest BCUT2D eigenvalue weighted by Gasteiger charge is 2.45. The first-order chi connectivity index (χ1) is 18.5. The number of aromatic nitrogens is 2. The summed E-state index contributed by atoms with van der Waals surface area (Å²) in [4.78, 5) is 35.9. The number of carbonyl (C=O) groups is 2. The minimum atomic E-state index is -0.249. The van der Waals surface area contributed by atoms with Crippen molar-refractivity contribution in [1.29, 1.82) is 0 Å². The number of fused-ring (bicyclic) bond motifs is 4. The van der Waals surface area contributed by atoms with Gasteiger partial charge >= 0.3 is 0 Å². The number of amides is 2. The maximum absolute atomic E-state index is 13.6. The smallest absolute Gasteiger partial charge is 0.226 e. The fourth-order valence-electron chi connectivity index (χ4n) is 5.87. The normalized spacial score (nSPS) is 21.3. The highest BCUT2D eigenvalue weighted by molar-refractivity contribution is 5.88. The molecule has 6 rings (SSSR count). The molecule has 2 amide bonds. The third-order valence-corrected chi connectivity index (χ3v) is 8.47. The monoisotopic (exact) mass is 517 g/mol. The van der Waals surface area contributed by atoms with Crippen molar-refractivity contribution < 1.29 is 14.3 Å². The summed E-state index contributed by atoms with van der Waals surface area (Å²) in [5.74, 6) is 1.87. The molecule has 3 fully saturated rings. The molecule has 2 bridgehead atoms. The lowest BCUT2D eigenvalue weighted by molar-refractivity contribution is -0.139. The van der Waals surface area contributed by atoms with E-state index in [0.29, 0.717) is 6.42 Å². The molecule has 3 saturated heterocycles. The van der Waals surface area contributed by atoms with Gasteiger partial charge in [-0.25, -0.2) is 4.98 Å². The Labute approximate surface area is 224 Å². The van der Waals surface area contributed by atoms with Gasteiger partial charge in [-0.1, -0.05) is 31.0 Å². The minimum absolute atomic E-state index is 0.0714. The quantitative estimate of drug-likeness (QED) is 0.324. The third-order valence-electron chi connectivity index (χ3n) is 8.47. The van der Waals surface area contributed by atoms with E-state index in [1.54, 1.807) is 14.2 Å². The summed E-state index contributed by atoms with van der Waals surface area (Å²) in [6.07, 6.45) is 8.67. The second-order valence-electron chi connectivity index (χ2n) is 10.8. The van der Waals surface area contributed by atoms with E-state index in [9.17, 15) is 9.59 Å². The first kappa shape index (κ1) is 26.2. The van der Waals surface area contributed by atoms with Crippen molar-refractivity contribution in [3.8, 4) is 17.0 Å². The lowest BCUT2D eigenvalue weighted by atomic mass is 9.71. The van der Waals surface area contributed by atoms with Gasteiger partial charge in [-0.15, -0.1) is 0 Å². The van der Waals surface area contributed by atoms with Gasteiger partial charge in [0, 0.05) is 19.0 Å². The zero-order valence-corrected chi connectivity index (χ0v) is 22.5. The Kier molecular flexibility index (Phi) is 7.98. The van der Waals surface area contributed by atoms with E-state index < -0.39 is 0 Å². The van der Waals surface area contributed by atoms with E-state index in [1.165, 1.54) is 0 Å². The summed E-state index contributed by atoms with van der Waals surface area (Å²) in [5.41, 5.74) is 1.73. The minimum Gasteiger partial charge on any atom is -0.497 e. The zero-order valence-electron chi connectivity index (χ0n) is 22.5. The van der Waals surface area contributed by atoms with Crippen LogP contribution in [0.4, 0.5) is 0 Å². The molecule has 1 aromatic heterocycles. The number of nitrogens with one attached hydrogen (secondary N) is 3. The summed E-state index contributed by atoms with van der Waals surface area (Å²) in [6.45, 7) is 3.03. The molecule has 1 unspecified atom stereocenters. The van der Waals surface area contributed by atoms with E-state index in [4.69, 9.17) is 9.72 Å². The number of H-pyrrole nitrogens is 1. The van der Waals surface area contributed by atoms with Gasteiger partial charge in [0.25, 0.3) is 0 Å². The Balaban J connectivity index is 1.32. The van der Waals surface area contributed by atoms with Crippen LogP contribution >= 0.6 is 0 Å². The van der Waals surface area contributed by atoms with Gasteiger partial charge in [-0.05, 0) is 80.7 Å². The van der Waals surface area contributed by atoms with E-state index in [1.807, 2.05) is 18.3 Å². The molecular formula is C30H39N5O3. The molecule has 3 aliphatic rings. The molecule has 202 valence electrons. The van der Waals surface area contributed by atoms with Crippen molar-refractivity contribution in [2.75, 3.05) is 33.8 Å². The first-order valence-electron chi connectivity index (χ1n) is 13.9. The van der Waals surface area contributed by atoms with Crippen molar-refractivity contribution in [1.82, 2.24) is 25.5 Å². The first-order valence-corrected chi connectivity index (χ1v) is 13.9. The molecule has 0 radical (unpaired) electrons. The van der Waals surface area contributed by atoms with Gasteiger partial charge in [0.1, 0.15) is 11.6 Å². The molecule has 2 aromatic carbocycles. The number of unbranched alkanes of at least 4 members (excludes halogenated alkanes) is 2. The van der Waals surface area contributed by atoms with Crippen LogP contribution in [0.5, 0.6) is 5.75 Å². The van der Waals surface area contributed by atoms with Gasteiger partial charge in [0.05, 0.1) is 30.5 Å². The predicted molar refractivity (Wildman–Crippen MR) is 149 cm³/mol. The number of imidazole rings is 1. The Morgan fingerprint density at radius 2 is 1.79 bits per heavy atom. The van der Waals surface area contributed by atoms with Crippen LogP contribution < -0.4 is 15.4 Å². The lowest BCUT2D eigenvalue weighted by Gasteiger charge is -2.47. The van der Waals surface area contributed by atoms with E-state index in [2.05, 4.69) is 44.8 Å². The number of piperidine rings is 3. The Hall–Kier alpha value is -3.39. The topological polar surface area (TPSA) is 99.4 Å². The van der Waals surface area contributed by atoms with Crippen molar-refractivity contribution in [2.24, 2.45) is 5.41 Å². The molecule has 0 aliphatic carbocycles. The Morgan fingerprint density at radius 1 is 1.05 bits per heavy atom. The standard InChI is InChI=1S/C30H39N5O3/c1-31-27(36)7-5-3-4-6-25(34-29(37)30-12-15-35(16-13-30)17-14-30)28-32-20-26(33-28)23-9-8-22-19-24(38-2)11-10-21(22)18-23/h8-11,18-20,25H,3-7,12-17H2,1-2H3,(H,31,36)(H,32,33)(H,34,37). The van der Waals surface area contributed by atoms with Crippen molar-refractivity contribution in [2.45, 2.75) is 57.4 Å². The zero-order chi connectivity index (χ0) is 26.5. The summed E-state index contributed by atoms with van der Waals surface area (Å²) < 4.78 is 5.35. The van der Waals surface area contributed by atoms with Crippen LogP contribution in [0.2, 0.25) is 0 Å². The number of hydrogen-bond acceptors (Lipinski definition) is 5. The van der Waals surface area contributed by atoms with E-state index in [-0.39, 0.29) is 23.3 Å². The van der Waals surface area contributed by atoms with E-state index in [0.717, 1.165) is 98.2 Å². The van der Waals surface area contributed by atoms with Crippen LogP contribution in [0.25, 0.3) is 22.0 Å². The molecule has 0 spiro atoms. The molecule has 3 aromatic rings. The molecule has 3 N–H and O–H groups in total. The maximum atomic E-state index is 13.6. The summed E-state index contributed by atoms with van der Waals surface area (Å²) in [7, 11) is 3.35. The van der Waals surface area contributed by atoms with Crippen LogP contribution in [-0.4, -0.2) is 60.5 Å². The maximum Gasteiger partial charge on any atom is 0.226 e. The number of nitrogens with zero attached hydrogens (tertiary/aromatic N) is 2. The summed E-state index contributed by atoms with van der Waals surface area (Å²) >= 11 is 0. The predicted octanol–water partition coefficient (Wildman–Crippen LogP) is 4.58. The molecule has 1 atom stereocenters. The van der Waals surface area contributed by atoms with Gasteiger partial charge in [0.2, 0.25) is 11.8 Å². The molecule has 8 heteroatoms. The van der Waals surface area contributed by atoms with Crippen LogP contribution in [0.3, 0.4) is 0 Å². The summed E-state index contributed by atoms with van der Waals surface area (Å²) in [6, 6.07) is 12.2. The molecular weight excluding hydrogens is 478 g/mol. The van der Waals surface area contributed by atoms with Gasteiger partial charge < -0.3 is 25.3 Å². The molecule has 4 heterocycles. The Bertz CT molecular complexity index is 1260. The fourth-order valence-corrected chi connectivity index (χ4v) is 5.87. The average molecular weight is 518 g/mol. The lowest BCUT2D eigenvalue weighted by Crippen LogP contribution is -2.55. The highest BCUT2D eigenvalue weighted by atomic mass is 16.5. The Morgan fingerprint density at radius 3 is 2.53 bits per heavy atom. The SMILES string of the molecule is CNC(=O)CCCCCC(NC(=O)C12CCN(CC1)CC2)c1ncc(-c2ccc3cc(OC)ccc3c2)[nH]1. The second kappa shape index (κ2) is 11.6. The second-order valence-corrected chi connectivity index (χ2v) is 10.8. The number of methoxy groups -OCH3 is 1. The van der Waals surface area contributed by atoms with Crippen LogP contribution in [0, 0.1) is 5.41 Å². The number of hydrogen-bond donors (Lipinski definition) is 3. The molecule has 0 saturated carbocycles. The number of rotatable bonds is 11. The number of ether oxygens (including phenoxy) is 1. The van der Waals surface area contributed by atoms with Crippen LogP contribution in [0.15, 0.2) is 42.6 Å². The van der Waals surface area contributed by atoms with Crippen LogP contribution in [0.1, 0.15) is 63.2 Å². The largest absolute Gasteiger partial charge is 0.497 e. The molecule has 3 aliphatic heterocycles. The highest BCUT2D eigenvalue weighted by Crippen LogP contribution is 2.41. The van der Waals surface area contributed by atoms with Crippen molar-refractivity contribution in [3.05, 3.63) is 48.4 Å². The van der Waals surface area contributed by atoms with Gasteiger partial charge in [-0.2, -0.15) is 0 Å². The van der Waals surface area contributed by atoms with Crippen molar-refractivity contribution in [3.63, 3.8) is 0 Å². The molecule has 38 heavy (non-hydrogen) atoms. The van der Waals surface area contributed by atoms with Crippen LogP contribution in [-0.2, 0) is 9.59 Å². The number of carbonyl (C=O) groups excluding carboxylic acids is 2. The van der Waals surface area contributed by atoms with Crippen molar-refractivity contribution >= 4 is 22.6 Å². The fraction of sp³-hybridized carbons (Fsp3) is 0.500. The average Bonchev–Trinajstić information content (AvgIpc) is 3.47. The van der Waals surface area contributed by atoms with Gasteiger partial charge in [-0.3, -0.25) is 9.59 Å².